The Morgan fingerprint density at radius 3 is 2.59 bits per heavy atom. The molecule has 0 heterocycles. The molecule has 3 saturated carbocycles. The number of aliphatic hydroxyl groups excluding tert-OH is 2. The normalized spacial score (nSPS) is 44.6. The van der Waals surface area contributed by atoms with Crippen molar-refractivity contribution in [1.29, 1.82) is 0 Å². The van der Waals surface area contributed by atoms with Gasteiger partial charge in [-0.25, -0.2) is 0 Å². The van der Waals surface area contributed by atoms with Crippen LogP contribution >= 0.6 is 0 Å². The molecule has 4 aliphatic rings. The van der Waals surface area contributed by atoms with Crippen molar-refractivity contribution in [3.8, 4) is 0 Å². The molecule has 3 N–H and O–H groups in total. The van der Waals surface area contributed by atoms with Crippen LogP contribution in [0.4, 0.5) is 0 Å². The number of rotatable bonds is 8. The molecule has 0 aromatic heterocycles. The average molecular weight is 446 g/mol. The quantitative estimate of drug-likeness (QED) is 0.405. The van der Waals surface area contributed by atoms with Gasteiger partial charge in [-0.15, -0.1) is 0 Å². The summed E-state index contributed by atoms with van der Waals surface area (Å²) in [6, 6.07) is 0.286. The predicted octanol–water partition coefficient (Wildman–Crippen LogP) is 5.95. The minimum Gasteiger partial charge on any atom is -0.395 e. The topological polar surface area (TPSA) is 52.5 Å². The van der Waals surface area contributed by atoms with E-state index < -0.39 is 0 Å². The molecule has 0 aliphatic heterocycles. The summed E-state index contributed by atoms with van der Waals surface area (Å²) in [4.78, 5) is 0. The first kappa shape index (κ1) is 24.7. The van der Waals surface area contributed by atoms with E-state index in [0.717, 1.165) is 48.3 Å². The van der Waals surface area contributed by atoms with Crippen LogP contribution in [0.3, 0.4) is 0 Å². The minimum absolute atomic E-state index is 0.139. The van der Waals surface area contributed by atoms with Gasteiger partial charge in [-0.1, -0.05) is 65.5 Å². The number of allylic oxidation sites excluding steroid dienone is 1. The number of hydrogen-bond donors (Lipinski definition) is 3. The highest BCUT2D eigenvalue weighted by atomic mass is 16.3. The van der Waals surface area contributed by atoms with Gasteiger partial charge in [0.2, 0.25) is 0 Å². The van der Waals surface area contributed by atoms with Crippen LogP contribution in [0.15, 0.2) is 11.6 Å². The molecule has 9 atom stereocenters. The second-order valence-electron chi connectivity index (χ2n) is 13.0. The lowest BCUT2D eigenvalue weighted by molar-refractivity contribution is -0.0691. The molecule has 4 aliphatic carbocycles. The molecule has 0 saturated heterocycles. The first-order valence-electron chi connectivity index (χ1n) is 13.9. The minimum atomic E-state index is -0.238. The van der Waals surface area contributed by atoms with E-state index in [1.165, 1.54) is 56.9 Å². The summed E-state index contributed by atoms with van der Waals surface area (Å²) < 4.78 is 0. The molecular weight excluding hydrogens is 394 g/mol. The molecule has 32 heavy (non-hydrogen) atoms. The first-order chi connectivity index (χ1) is 15.2. The van der Waals surface area contributed by atoms with Gasteiger partial charge in [-0.3, -0.25) is 0 Å². The van der Waals surface area contributed by atoms with Gasteiger partial charge in [0, 0.05) is 18.0 Å². The van der Waals surface area contributed by atoms with Gasteiger partial charge < -0.3 is 15.5 Å². The van der Waals surface area contributed by atoms with E-state index in [0.29, 0.717) is 12.0 Å². The van der Waals surface area contributed by atoms with Gasteiger partial charge in [-0.2, -0.15) is 0 Å². The van der Waals surface area contributed by atoms with Crippen LogP contribution in [-0.2, 0) is 0 Å². The average Bonchev–Trinajstić information content (AvgIpc) is 3.09. The largest absolute Gasteiger partial charge is 0.395 e. The predicted molar refractivity (Wildman–Crippen MR) is 133 cm³/mol. The van der Waals surface area contributed by atoms with Crippen LogP contribution in [0.2, 0.25) is 0 Å². The van der Waals surface area contributed by atoms with Crippen LogP contribution in [-0.4, -0.2) is 35.5 Å². The maximum Gasteiger partial charge on any atom is 0.0592 e. The highest BCUT2D eigenvalue weighted by Crippen LogP contribution is 2.67. The molecule has 4 rings (SSSR count). The Labute approximate surface area is 197 Å². The van der Waals surface area contributed by atoms with Crippen LogP contribution < -0.4 is 5.32 Å². The summed E-state index contributed by atoms with van der Waals surface area (Å²) in [7, 11) is 0. The Kier molecular flexibility index (Phi) is 7.50. The molecule has 0 aromatic rings. The SMILES string of the molecule is CC(C)CCC[C@@H](C)[C@H]1CC[C@H]2[C@@H]3CC=C4C[C@@H](O)CC(NCCO)[C@]4(C)[C@H]3CC[C@]12C. The smallest absolute Gasteiger partial charge is 0.0592 e. The van der Waals surface area contributed by atoms with Crippen molar-refractivity contribution in [1.82, 2.24) is 5.32 Å². The van der Waals surface area contributed by atoms with E-state index in [-0.39, 0.29) is 24.2 Å². The third-order valence-corrected chi connectivity index (χ3v) is 10.9. The zero-order valence-corrected chi connectivity index (χ0v) is 21.6. The maximum atomic E-state index is 10.6. The van der Waals surface area contributed by atoms with E-state index in [1.807, 2.05) is 0 Å². The van der Waals surface area contributed by atoms with Crippen molar-refractivity contribution in [3.05, 3.63) is 11.6 Å². The molecule has 0 spiro atoms. The third kappa shape index (κ3) is 4.24. The Morgan fingerprint density at radius 1 is 1.09 bits per heavy atom. The third-order valence-electron chi connectivity index (χ3n) is 10.9. The van der Waals surface area contributed by atoms with Crippen LogP contribution in [0.5, 0.6) is 0 Å². The zero-order valence-electron chi connectivity index (χ0n) is 21.6. The van der Waals surface area contributed by atoms with Gasteiger partial charge in [-0.05, 0) is 85.9 Å². The second kappa shape index (κ2) is 9.70. The summed E-state index contributed by atoms with van der Waals surface area (Å²) >= 11 is 0. The molecule has 3 heteroatoms. The highest BCUT2D eigenvalue weighted by molar-refractivity contribution is 5.28. The van der Waals surface area contributed by atoms with E-state index >= 15 is 0 Å². The molecule has 1 unspecified atom stereocenters. The van der Waals surface area contributed by atoms with E-state index in [9.17, 15) is 10.2 Å². The number of nitrogens with one attached hydrogen (secondary N) is 1. The lowest BCUT2D eigenvalue weighted by Gasteiger charge is -2.60. The van der Waals surface area contributed by atoms with Crippen molar-refractivity contribution >= 4 is 0 Å². The first-order valence-corrected chi connectivity index (χ1v) is 13.9. The van der Waals surface area contributed by atoms with Gasteiger partial charge in [0.1, 0.15) is 0 Å². The summed E-state index contributed by atoms with van der Waals surface area (Å²) in [5, 5.41) is 23.7. The Hall–Kier alpha value is -0.380. The fraction of sp³-hybridized carbons (Fsp3) is 0.931. The summed E-state index contributed by atoms with van der Waals surface area (Å²) in [6.07, 6.45) is 15.0. The summed E-state index contributed by atoms with van der Waals surface area (Å²) in [5.74, 6) is 4.96. The molecule has 184 valence electrons. The van der Waals surface area contributed by atoms with Crippen molar-refractivity contribution in [2.24, 2.45) is 46.3 Å². The lowest BCUT2D eigenvalue weighted by Crippen LogP contribution is -2.59. The van der Waals surface area contributed by atoms with E-state index in [1.54, 1.807) is 0 Å². The Balaban J connectivity index is 1.53. The molecule has 0 aromatic carbocycles. The zero-order chi connectivity index (χ0) is 23.1. The molecule has 3 fully saturated rings. The number of aliphatic hydroxyl groups is 2. The highest BCUT2D eigenvalue weighted by Gasteiger charge is 2.60. The Bertz CT molecular complexity index is 674. The molecule has 0 radical (unpaired) electrons. The van der Waals surface area contributed by atoms with Crippen LogP contribution in [0.1, 0.15) is 98.8 Å². The van der Waals surface area contributed by atoms with Crippen LogP contribution in [0.25, 0.3) is 0 Å². The van der Waals surface area contributed by atoms with Crippen molar-refractivity contribution in [3.63, 3.8) is 0 Å². The number of fused-ring (bicyclic) bond motifs is 5. The molecule has 0 bridgehead atoms. The van der Waals surface area contributed by atoms with Gasteiger partial charge >= 0.3 is 0 Å². The molecule has 3 nitrogen and oxygen atoms in total. The van der Waals surface area contributed by atoms with E-state index in [4.69, 9.17) is 0 Å². The fourth-order valence-electron chi connectivity index (χ4n) is 9.30. The number of hydrogen-bond acceptors (Lipinski definition) is 3. The summed E-state index contributed by atoms with van der Waals surface area (Å²) in [6.45, 7) is 13.2. The lowest BCUT2D eigenvalue weighted by atomic mass is 9.46. The van der Waals surface area contributed by atoms with E-state index in [2.05, 4.69) is 46.0 Å². The summed E-state index contributed by atoms with van der Waals surface area (Å²) in [5.41, 5.74) is 2.16. The van der Waals surface area contributed by atoms with Gasteiger partial charge in [0.25, 0.3) is 0 Å². The second-order valence-corrected chi connectivity index (χ2v) is 13.0. The molecular formula is C29H51NO2. The van der Waals surface area contributed by atoms with Gasteiger partial charge in [0.05, 0.1) is 12.7 Å². The van der Waals surface area contributed by atoms with Crippen molar-refractivity contribution in [2.75, 3.05) is 13.2 Å². The van der Waals surface area contributed by atoms with Crippen molar-refractivity contribution < 1.29 is 10.2 Å². The van der Waals surface area contributed by atoms with Crippen molar-refractivity contribution in [2.45, 2.75) is 111 Å². The van der Waals surface area contributed by atoms with Crippen LogP contribution in [0, 0.1) is 46.3 Å². The molecule has 0 amide bonds. The standard InChI is InChI=1S/C29H51NO2/c1-19(2)7-6-8-20(3)24-11-12-25-23-10-9-21-17-22(32)18-27(30-15-16-31)29(21,5)26(23)13-14-28(24,25)4/h9,19-20,22-27,30-32H,6-8,10-18H2,1-5H3/t20-,22-,23+,24-,25+,26+,27?,28-,29+/m1/s1. The fourth-order valence-corrected chi connectivity index (χ4v) is 9.30. The van der Waals surface area contributed by atoms with Gasteiger partial charge in [0.15, 0.2) is 0 Å². The monoisotopic (exact) mass is 445 g/mol. The maximum absolute atomic E-state index is 10.6. The Morgan fingerprint density at radius 2 is 1.88 bits per heavy atom.